The van der Waals surface area contributed by atoms with Crippen LogP contribution in [0.2, 0.25) is 10.0 Å². The van der Waals surface area contributed by atoms with Gasteiger partial charge in [-0.3, -0.25) is 0 Å². The van der Waals surface area contributed by atoms with E-state index in [4.69, 9.17) is 34.0 Å². The summed E-state index contributed by atoms with van der Waals surface area (Å²) in [4.78, 5) is 7.99. The van der Waals surface area contributed by atoms with Crippen LogP contribution in [0.15, 0.2) is 78.0 Å². The standard InChI is InChI=1S/C23H17Cl2N5S/c24-16-11-10-15(12-17(16)25)30-22(26)21(14-6-2-1-3-7-14)20(29-30)13-31-23-27-18-8-4-5-9-19(18)28-23/h1-12H,13,26H2,(H,27,28). The Bertz CT molecular complexity index is 1340. The van der Waals surface area contributed by atoms with Crippen LogP contribution in [-0.2, 0) is 5.75 Å². The van der Waals surface area contributed by atoms with E-state index in [1.165, 1.54) is 0 Å². The Kier molecular flexibility index (Phi) is 5.36. The second-order valence-corrected chi connectivity index (χ2v) is 8.71. The van der Waals surface area contributed by atoms with Crippen molar-refractivity contribution in [3.05, 3.63) is 88.5 Å². The van der Waals surface area contributed by atoms with Gasteiger partial charge in [0.2, 0.25) is 0 Å². The number of nitrogens with zero attached hydrogens (tertiary/aromatic N) is 3. The van der Waals surface area contributed by atoms with E-state index in [0.717, 1.165) is 38.7 Å². The van der Waals surface area contributed by atoms with Crippen molar-refractivity contribution in [2.75, 3.05) is 5.73 Å². The molecule has 0 bridgehead atoms. The number of hydrogen-bond donors (Lipinski definition) is 2. The van der Waals surface area contributed by atoms with Gasteiger partial charge in [-0.2, -0.15) is 5.10 Å². The van der Waals surface area contributed by atoms with Crippen molar-refractivity contribution in [1.82, 2.24) is 19.7 Å². The Hall–Kier alpha value is -2.93. The van der Waals surface area contributed by atoms with Crippen molar-refractivity contribution >= 4 is 51.8 Å². The SMILES string of the molecule is Nc1c(-c2ccccc2)c(CSc2nc3ccccc3[nH]2)nn1-c1ccc(Cl)c(Cl)c1. The van der Waals surface area contributed by atoms with Crippen molar-refractivity contribution in [2.24, 2.45) is 0 Å². The molecule has 0 fully saturated rings. The van der Waals surface area contributed by atoms with E-state index in [2.05, 4.69) is 9.97 Å². The van der Waals surface area contributed by atoms with Crippen molar-refractivity contribution < 1.29 is 0 Å². The molecule has 3 N–H and O–H groups in total. The molecule has 0 atom stereocenters. The van der Waals surface area contributed by atoms with Gasteiger partial charge in [-0.25, -0.2) is 9.67 Å². The summed E-state index contributed by atoms with van der Waals surface area (Å²) in [5, 5.41) is 6.60. The molecule has 31 heavy (non-hydrogen) atoms. The zero-order chi connectivity index (χ0) is 21.4. The van der Waals surface area contributed by atoms with Crippen LogP contribution < -0.4 is 5.73 Å². The lowest BCUT2D eigenvalue weighted by atomic mass is 10.1. The molecule has 0 unspecified atom stereocenters. The van der Waals surface area contributed by atoms with E-state index < -0.39 is 0 Å². The smallest absolute Gasteiger partial charge is 0.166 e. The van der Waals surface area contributed by atoms with Crippen LogP contribution in [-0.4, -0.2) is 19.7 Å². The summed E-state index contributed by atoms with van der Waals surface area (Å²) in [7, 11) is 0. The molecule has 2 aromatic heterocycles. The lowest BCUT2D eigenvalue weighted by Gasteiger charge is -2.06. The average Bonchev–Trinajstić information content (AvgIpc) is 3.35. The van der Waals surface area contributed by atoms with Gasteiger partial charge in [0.1, 0.15) is 5.82 Å². The number of para-hydroxylation sites is 2. The molecule has 0 spiro atoms. The van der Waals surface area contributed by atoms with E-state index >= 15 is 0 Å². The molecule has 0 saturated carbocycles. The van der Waals surface area contributed by atoms with E-state index in [-0.39, 0.29) is 0 Å². The summed E-state index contributed by atoms with van der Waals surface area (Å²) in [5.41, 5.74) is 12.0. The van der Waals surface area contributed by atoms with Crippen LogP contribution in [0, 0.1) is 0 Å². The fourth-order valence-electron chi connectivity index (χ4n) is 3.45. The summed E-state index contributed by atoms with van der Waals surface area (Å²) in [6.45, 7) is 0. The zero-order valence-electron chi connectivity index (χ0n) is 16.2. The minimum absolute atomic E-state index is 0.452. The summed E-state index contributed by atoms with van der Waals surface area (Å²) >= 11 is 13.9. The lowest BCUT2D eigenvalue weighted by molar-refractivity contribution is 0.868. The van der Waals surface area contributed by atoms with Crippen LogP contribution in [0.4, 0.5) is 5.82 Å². The van der Waals surface area contributed by atoms with Crippen molar-refractivity contribution in [2.45, 2.75) is 10.9 Å². The summed E-state index contributed by atoms with van der Waals surface area (Å²) < 4.78 is 1.71. The predicted molar refractivity (Wildman–Crippen MR) is 129 cm³/mol. The number of fused-ring (bicyclic) bond motifs is 1. The lowest BCUT2D eigenvalue weighted by Crippen LogP contribution is -2.02. The van der Waals surface area contributed by atoms with Gasteiger partial charge in [0.05, 0.1) is 32.5 Å². The Balaban J connectivity index is 1.55. The van der Waals surface area contributed by atoms with E-state index in [0.29, 0.717) is 21.6 Å². The van der Waals surface area contributed by atoms with Crippen LogP contribution >= 0.6 is 35.0 Å². The molecule has 8 heteroatoms. The van der Waals surface area contributed by atoms with Gasteiger partial charge in [-0.05, 0) is 35.9 Å². The second-order valence-electron chi connectivity index (χ2n) is 6.93. The Morgan fingerprint density at radius 2 is 1.71 bits per heavy atom. The first-order chi connectivity index (χ1) is 15.1. The van der Waals surface area contributed by atoms with Crippen molar-refractivity contribution in [1.29, 1.82) is 0 Å². The molecule has 0 aliphatic carbocycles. The third-order valence-corrected chi connectivity index (χ3v) is 6.54. The van der Waals surface area contributed by atoms with Gasteiger partial charge in [0, 0.05) is 11.3 Å². The highest BCUT2D eigenvalue weighted by molar-refractivity contribution is 7.98. The quantitative estimate of drug-likeness (QED) is 0.287. The highest BCUT2D eigenvalue weighted by Crippen LogP contribution is 2.36. The highest BCUT2D eigenvalue weighted by atomic mass is 35.5. The number of anilines is 1. The molecule has 0 radical (unpaired) electrons. The molecule has 5 nitrogen and oxygen atoms in total. The number of H-pyrrole nitrogens is 1. The minimum Gasteiger partial charge on any atom is -0.383 e. The fourth-order valence-corrected chi connectivity index (χ4v) is 4.56. The number of rotatable bonds is 5. The molecule has 0 amide bonds. The Labute approximate surface area is 193 Å². The summed E-state index contributed by atoms with van der Waals surface area (Å²) in [6.07, 6.45) is 0. The van der Waals surface area contributed by atoms with Gasteiger partial charge in [0.25, 0.3) is 0 Å². The maximum absolute atomic E-state index is 6.58. The van der Waals surface area contributed by atoms with E-state index in [1.54, 1.807) is 28.6 Å². The molecule has 0 aliphatic heterocycles. The molecule has 3 aromatic carbocycles. The fraction of sp³-hybridized carbons (Fsp3) is 0.0435. The number of aromatic amines is 1. The number of benzene rings is 3. The largest absolute Gasteiger partial charge is 0.383 e. The van der Waals surface area contributed by atoms with E-state index in [9.17, 15) is 0 Å². The first-order valence-electron chi connectivity index (χ1n) is 9.56. The predicted octanol–water partition coefficient (Wildman–Crippen LogP) is 6.60. The molecule has 5 aromatic rings. The Morgan fingerprint density at radius 3 is 2.48 bits per heavy atom. The molecule has 0 aliphatic rings. The zero-order valence-corrected chi connectivity index (χ0v) is 18.5. The topological polar surface area (TPSA) is 72.5 Å². The number of imidazole rings is 1. The second kappa shape index (κ2) is 8.30. The normalized spacial score (nSPS) is 11.3. The van der Waals surface area contributed by atoms with Gasteiger partial charge in [-0.1, -0.05) is 77.4 Å². The number of aromatic nitrogens is 4. The highest BCUT2D eigenvalue weighted by Gasteiger charge is 2.19. The molecule has 2 heterocycles. The first-order valence-corrected chi connectivity index (χ1v) is 11.3. The number of thioether (sulfide) groups is 1. The first kappa shape index (κ1) is 20.0. The monoisotopic (exact) mass is 465 g/mol. The molecule has 0 saturated heterocycles. The Morgan fingerprint density at radius 1 is 0.935 bits per heavy atom. The van der Waals surface area contributed by atoms with Crippen LogP contribution in [0.5, 0.6) is 0 Å². The number of hydrogen-bond acceptors (Lipinski definition) is 4. The van der Waals surface area contributed by atoms with Gasteiger partial charge >= 0.3 is 0 Å². The minimum atomic E-state index is 0.452. The van der Waals surface area contributed by atoms with Crippen LogP contribution in [0.3, 0.4) is 0 Å². The maximum atomic E-state index is 6.58. The number of nitrogens with two attached hydrogens (primary N) is 1. The van der Waals surface area contributed by atoms with Crippen molar-refractivity contribution in [3.63, 3.8) is 0 Å². The van der Waals surface area contributed by atoms with Gasteiger partial charge in [0.15, 0.2) is 5.16 Å². The molecule has 154 valence electrons. The molecule has 5 rings (SSSR count). The van der Waals surface area contributed by atoms with Gasteiger partial charge < -0.3 is 10.7 Å². The summed E-state index contributed by atoms with van der Waals surface area (Å²) in [5.74, 6) is 1.15. The number of nitrogen functional groups attached to an aromatic ring is 1. The maximum Gasteiger partial charge on any atom is 0.166 e. The van der Waals surface area contributed by atoms with E-state index in [1.807, 2.05) is 60.7 Å². The summed E-state index contributed by atoms with van der Waals surface area (Å²) in [6, 6.07) is 23.3. The van der Waals surface area contributed by atoms with Crippen molar-refractivity contribution in [3.8, 4) is 16.8 Å². The number of nitrogens with one attached hydrogen (secondary N) is 1. The van der Waals surface area contributed by atoms with Crippen LogP contribution in [0.25, 0.3) is 27.8 Å². The third-order valence-electron chi connectivity index (χ3n) is 4.92. The average molecular weight is 466 g/mol. The number of halogens is 2. The van der Waals surface area contributed by atoms with Gasteiger partial charge in [-0.15, -0.1) is 0 Å². The third kappa shape index (κ3) is 3.90. The molecular weight excluding hydrogens is 449 g/mol. The molecular formula is C23H17Cl2N5S. The van der Waals surface area contributed by atoms with Crippen LogP contribution in [0.1, 0.15) is 5.69 Å².